The van der Waals surface area contributed by atoms with Crippen LogP contribution in [0.3, 0.4) is 0 Å². The van der Waals surface area contributed by atoms with Crippen LogP contribution in [0, 0.1) is 5.92 Å². The number of rotatable bonds is 3. The Morgan fingerprint density at radius 3 is 2.17 bits per heavy atom. The van der Waals surface area contributed by atoms with Crippen molar-refractivity contribution < 1.29 is 14.3 Å². The number of ether oxygens (including phenoxy) is 1. The Morgan fingerprint density at radius 2 is 1.61 bits per heavy atom. The van der Waals surface area contributed by atoms with E-state index in [1.807, 2.05) is 0 Å². The lowest BCUT2D eigenvalue weighted by Crippen LogP contribution is -2.26. The van der Waals surface area contributed by atoms with Crippen LogP contribution in [0.2, 0.25) is 0 Å². The van der Waals surface area contributed by atoms with E-state index in [1.165, 1.54) is 7.11 Å². The van der Waals surface area contributed by atoms with Crippen molar-refractivity contribution in [3.8, 4) is 0 Å². The van der Waals surface area contributed by atoms with Crippen LogP contribution in [0.5, 0.6) is 0 Å². The van der Waals surface area contributed by atoms with Gasteiger partial charge in [-0.05, 0) is 38.5 Å². The summed E-state index contributed by atoms with van der Waals surface area (Å²) in [6.07, 6.45) is 7.83. The number of Topliss-reactive ketones (excluding diaryl/α,β-unsaturated/α-hetero) is 1. The third-order valence-electron chi connectivity index (χ3n) is 4.08. The molecular formula is C14H22O3S. The summed E-state index contributed by atoms with van der Waals surface area (Å²) in [6.45, 7) is 0. The van der Waals surface area contributed by atoms with Crippen LogP contribution >= 0.6 is 11.8 Å². The first-order chi connectivity index (χ1) is 8.69. The van der Waals surface area contributed by atoms with Gasteiger partial charge >= 0.3 is 5.97 Å². The molecule has 0 aromatic rings. The molecule has 0 radical (unpaired) electrons. The number of hydrogen-bond acceptors (Lipinski definition) is 4. The molecule has 0 spiro atoms. The molecule has 3 nitrogen and oxygen atoms in total. The summed E-state index contributed by atoms with van der Waals surface area (Å²) in [7, 11) is 1.47. The Bertz CT molecular complexity index is 298. The predicted molar refractivity (Wildman–Crippen MR) is 72.6 cm³/mol. The summed E-state index contributed by atoms with van der Waals surface area (Å²) < 4.78 is 4.80. The molecule has 2 aliphatic carbocycles. The zero-order valence-electron chi connectivity index (χ0n) is 11.0. The van der Waals surface area contributed by atoms with Crippen molar-refractivity contribution in [3.05, 3.63) is 0 Å². The number of hydrogen-bond donors (Lipinski definition) is 0. The van der Waals surface area contributed by atoms with Gasteiger partial charge in [-0.1, -0.05) is 0 Å². The fraction of sp³-hybridized carbons (Fsp3) is 0.857. The lowest BCUT2D eigenvalue weighted by atomic mass is 9.89. The minimum absolute atomic E-state index is 0.0401. The molecule has 0 N–H and O–H groups in total. The average Bonchev–Trinajstić information content (AvgIpc) is 2.41. The van der Waals surface area contributed by atoms with Crippen molar-refractivity contribution >= 4 is 23.5 Å². The van der Waals surface area contributed by atoms with Gasteiger partial charge in [0.15, 0.2) is 0 Å². The highest BCUT2D eigenvalue weighted by Crippen LogP contribution is 2.38. The Kier molecular flexibility index (Phi) is 5.10. The van der Waals surface area contributed by atoms with Gasteiger partial charge < -0.3 is 4.74 Å². The largest absolute Gasteiger partial charge is 0.469 e. The maximum atomic E-state index is 11.4. The van der Waals surface area contributed by atoms with E-state index >= 15 is 0 Å². The number of ketones is 1. The number of carbonyl (C=O) groups excluding carboxylic acids is 2. The third kappa shape index (κ3) is 3.74. The van der Waals surface area contributed by atoms with Gasteiger partial charge in [0.05, 0.1) is 13.0 Å². The molecule has 0 aromatic heterocycles. The summed E-state index contributed by atoms with van der Waals surface area (Å²) in [5, 5.41) is 1.35. The van der Waals surface area contributed by atoms with Crippen LogP contribution < -0.4 is 0 Å². The van der Waals surface area contributed by atoms with E-state index in [0.717, 1.165) is 51.4 Å². The molecule has 4 heteroatoms. The summed E-state index contributed by atoms with van der Waals surface area (Å²) in [5.41, 5.74) is 0. The lowest BCUT2D eigenvalue weighted by Gasteiger charge is -2.30. The molecule has 0 atom stereocenters. The minimum Gasteiger partial charge on any atom is -0.469 e. The molecule has 0 amide bonds. The van der Waals surface area contributed by atoms with Gasteiger partial charge in [-0.3, -0.25) is 9.59 Å². The second kappa shape index (κ2) is 6.60. The minimum atomic E-state index is -0.0401. The normalized spacial score (nSPS) is 30.2. The summed E-state index contributed by atoms with van der Waals surface area (Å²) >= 11 is 2.06. The van der Waals surface area contributed by atoms with E-state index in [9.17, 15) is 9.59 Å². The number of esters is 1. The molecule has 18 heavy (non-hydrogen) atoms. The smallest absolute Gasteiger partial charge is 0.308 e. The molecule has 102 valence electrons. The first-order valence-electron chi connectivity index (χ1n) is 6.94. The highest BCUT2D eigenvalue weighted by atomic mass is 32.2. The number of methoxy groups -OCH3 is 1. The van der Waals surface area contributed by atoms with E-state index < -0.39 is 0 Å². The van der Waals surface area contributed by atoms with E-state index in [4.69, 9.17) is 4.74 Å². The highest BCUT2D eigenvalue weighted by Gasteiger charge is 2.29. The monoisotopic (exact) mass is 270 g/mol. The van der Waals surface area contributed by atoms with E-state index in [0.29, 0.717) is 16.3 Å². The van der Waals surface area contributed by atoms with Crippen LogP contribution in [-0.4, -0.2) is 29.4 Å². The second-order valence-corrected chi connectivity index (χ2v) is 6.98. The Labute approximate surface area is 113 Å². The zero-order chi connectivity index (χ0) is 13.0. The Morgan fingerprint density at radius 1 is 1.06 bits per heavy atom. The summed E-state index contributed by atoms with van der Waals surface area (Å²) in [5.74, 6) is 0.516. The van der Waals surface area contributed by atoms with Gasteiger partial charge in [0.2, 0.25) is 0 Å². The predicted octanol–water partition coefficient (Wildman–Crippen LogP) is 2.96. The van der Waals surface area contributed by atoms with Crippen LogP contribution in [0.25, 0.3) is 0 Å². The maximum absolute atomic E-state index is 11.4. The maximum Gasteiger partial charge on any atom is 0.308 e. The van der Waals surface area contributed by atoms with Crippen LogP contribution in [0.4, 0.5) is 0 Å². The fourth-order valence-corrected chi connectivity index (χ4v) is 4.52. The molecule has 0 aliphatic heterocycles. The Hall–Kier alpha value is -0.510. The van der Waals surface area contributed by atoms with Gasteiger partial charge in [0, 0.05) is 23.3 Å². The molecule has 2 aliphatic rings. The van der Waals surface area contributed by atoms with Crippen molar-refractivity contribution in [2.45, 2.75) is 61.9 Å². The SMILES string of the molecule is COC(=O)C1CCC(SC2CCC(=O)CC2)CC1. The van der Waals surface area contributed by atoms with E-state index in [2.05, 4.69) is 11.8 Å². The highest BCUT2D eigenvalue weighted by molar-refractivity contribution is 8.00. The van der Waals surface area contributed by atoms with Gasteiger partial charge in [0.1, 0.15) is 5.78 Å². The molecule has 2 saturated carbocycles. The number of carbonyl (C=O) groups is 2. The van der Waals surface area contributed by atoms with Crippen molar-refractivity contribution in [1.82, 2.24) is 0 Å². The molecule has 2 fully saturated rings. The fourth-order valence-electron chi connectivity index (χ4n) is 2.92. The van der Waals surface area contributed by atoms with Crippen LogP contribution in [-0.2, 0) is 14.3 Å². The van der Waals surface area contributed by atoms with E-state index in [-0.39, 0.29) is 11.9 Å². The van der Waals surface area contributed by atoms with Gasteiger partial charge in [-0.15, -0.1) is 0 Å². The van der Waals surface area contributed by atoms with E-state index in [1.54, 1.807) is 0 Å². The second-order valence-electron chi connectivity index (χ2n) is 5.37. The first kappa shape index (κ1) is 13.9. The van der Waals surface area contributed by atoms with Crippen LogP contribution in [0.15, 0.2) is 0 Å². The van der Waals surface area contributed by atoms with Crippen LogP contribution in [0.1, 0.15) is 51.4 Å². The molecular weight excluding hydrogens is 248 g/mol. The average molecular weight is 270 g/mol. The van der Waals surface area contributed by atoms with Crippen molar-refractivity contribution in [3.63, 3.8) is 0 Å². The molecule has 2 rings (SSSR count). The quantitative estimate of drug-likeness (QED) is 0.740. The molecule has 0 bridgehead atoms. The Balaban J connectivity index is 1.70. The van der Waals surface area contributed by atoms with Crippen molar-refractivity contribution in [2.24, 2.45) is 5.92 Å². The lowest BCUT2D eigenvalue weighted by molar-refractivity contribution is -0.146. The topological polar surface area (TPSA) is 43.4 Å². The number of thioether (sulfide) groups is 1. The standard InChI is InChI=1S/C14H22O3S/c1-17-14(16)10-2-6-12(7-3-10)18-13-8-4-11(15)5-9-13/h10,12-13H,2-9H2,1H3. The third-order valence-corrected chi connectivity index (χ3v) is 5.80. The molecule has 0 unspecified atom stereocenters. The zero-order valence-corrected chi connectivity index (χ0v) is 11.8. The molecule has 0 aromatic carbocycles. The van der Waals surface area contributed by atoms with Gasteiger partial charge in [-0.25, -0.2) is 0 Å². The molecule has 0 saturated heterocycles. The van der Waals surface area contributed by atoms with Crippen molar-refractivity contribution in [1.29, 1.82) is 0 Å². The summed E-state index contributed by atoms with van der Waals surface area (Å²) in [6, 6.07) is 0. The molecule has 0 heterocycles. The van der Waals surface area contributed by atoms with Gasteiger partial charge in [0.25, 0.3) is 0 Å². The van der Waals surface area contributed by atoms with Crippen molar-refractivity contribution in [2.75, 3.05) is 7.11 Å². The van der Waals surface area contributed by atoms with Gasteiger partial charge in [-0.2, -0.15) is 11.8 Å². The summed E-state index contributed by atoms with van der Waals surface area (Å²) in [4.78, 5) is 22.6. The first-order valence-corrected chi connectivity index (χ1v) is 7.88.